The van der Waals surface area contributed by atoms with E-state index < -0.39 is 5.41 Å². The maximum Gasteiger partial charge on any atom is 0.235 e. The maximum absolute atomic E-state index is 12.8. The predicted octanol–water partition coefficient (Wildman–Crippen LogP) is 3.32. The molecule has 0 radical (unpaired) electrons. The molecule has 1 amide bonds. The first-order valence-corrected chi connectivity index (χ1v) is 7.14. The van der Waals surface area contributed by atoms with E-state index in [9.17, 15) is 9.59 Å². The molecule has 3 heteroatoms. The van der Waals surface area contributed by atoms with Gasteiger partial charge in [0, 0.05) is 18.5 Å². The Labute approximate surface area is 124 Å². The van der Waals surface area contributed by atoms with Crippen molar-refractivity contribution in [3.05, 3.63) is 66.2 Å². The van der Waals surface area contributed by atoms with Crippen molar-refractivity contribution in [1.82, 2.24) is 0 Å². The van der Waals surface area contributed by atoms with Crippen LogP contribution in [0.3, 0.4) is 0 Å². The molecule has 0 unspecified atom stereocenters. The molecule has 0 spiro atoms. The van der Waals surface area contributed by atoms with Crippen molar-refractivity contribution in [2.45, 2.75) is 24.7 Å². The largest absolute Gasteiger partial charge is 0.325 e. The van der Waals surface area contributed by atoms with Crippen LogP contribution in [0.2, 0.25) is 0 Å². The number of hydrogen-bond acceptors (Lipinski definition) is 2. The molecule has 1 N–H and O–H groups in total. The van der Waals surface area contributed by atoms with Crippen LogP contribution in [0.4, 0.5) is 5.69 Å². The Morgan fingerprint density at radius 1 is 0.952 bits per heavy atom. The van der Waals surface area contributed by atoms with Gasteiger partial charge in [-0.25, -0.2) is 0 Å². The Hall–Kier alpha value is -2.42. The highest BCUT2D eigenvalue weighted by molar-refractivity contribution is 6.04. The molecule has 0 aromatic heterocycles. The Balaban J connectivity index is 1.93. The fourth-order valence-electron chi connectivity index (χ4n) is 2.97. The number of ketones is 1. The van der Waals surface area contributed by atoms with Crippen LogP contribution in [-0.4, -0.2) is 11.7 Å². The lowest BCUT2D eigenvalue weighted by Gasteiger charge is -2.27. The van der Waals surface area contributed by atoms with Gasteiger partial charge in [0.05, 0.1) is 5.41 Å². The molecule has 0 heterocycles. The van der Waals surface area contributed by atoms with E-state index in [1.54, 1.807) is 0 Å². The van der Waals surface area contributed by atoms with Gasteiger partial charge in [-0.05, 0) is 24.1 Å². The summed E-state index contributed by atoms with van der Waals surface area (Å²) in [7, 11) is 0. The number of nitrogens with one attached hydrogen (secondary N) is 1. The zero-order valence-electron chi connectivity index (χ0n) is 11.7. The molecule has 1 aliphatic carbocycles. The Morgan fingerprint density at radius 2 is 1.57 bits per heavy atom. The van der Waals surface area contributed by atoms with Gasteiger partial charge in [-0.15, -0.1) is 0 Å². The van der Waals surface area contributed by atoms with Crippen LogP contribution in [0, 0.1) is 0 Å². The minimum absolute atomic E-state index is 0.0919. The molecule has 1 atom stereocenters. The normalized spacial score (nSPS) is 21.2. The van der Waals surface area contributed by atoms with Gasteiger partial charge >= 0.3 is 0 Å². The fourth-order valence-corrected chi connectivity index (χ4v) is 2.97. The fraction of sp³-hybridized carbons (Fsp3) is 0.222. The monoisotopic (exact) mass is 279 g/mol. The molecule has 2 aromatic carbocycles. The number of para-hydroxylation sites is 1. The van der Waals surface area contributed by atoms with Crippen molar-refractivity contribution in [2.75, 3.05) is 5.32 Å². The van der Waals surface area contributed by atoms with E-state index in [4.69, 9.17) is 0 Å². The molecule has 0 bridgehead atoms. The molecular formula is C18H17NO2. The van der Waals surface area contributed by atoms with Crippen LogP contribution >= 0.6 is 0 Å². The number of rotatable bonds is 3. The van der Waals surface area contributed by atoms with Crippen molar-refractivity contribution in [3.8, 4) is 0 Å². The highest BCUT2D eigenvalue weighted by atomic mass is 16.2. The summed E-state index contributed by atoms with van der Waals surface area (Å²) in [5, 5.41) is 2.95. The predicted molar refractivity (Wildman–Crippen MR) is 82.0 cm³/mol. The minimum Gasteiger partial charge on any atom is -0.325 e. The minimum atomic E-state index is -0.728. The standard InChI is InChI=1S/C18H17NO2/c20-16-11-12-18(13-16,14-7-3-1-4-8-14)17(21)19-15-9-5-2-6-10-15/h1-10H,11-13H2,(H,19,21)/t18-/m1/s1. The van der Waals surface area contributed by atoms with Gasteiger partial charge in [0.1, 0.15) is 5.78 Å². The van der Waals surface area contributed by atoms with Crippen LogP contribution < -0.4 is 5.32 Å². The number of anilines is 1. The number of hydrogen-bond donors (Lipinski definition) is 1. The quantitative estimate of drug-likeness (QED) is 0.936. The van der Waals surface area contributed by atoms with Crippen LogP contribution in [0.25, 0.3) is 0 Å². The third-order valence-corrected chi connectivity index (χ3v) is 4.12. The zero-order valence-corrected chi connectivity index (χ0v) is 11.7. The van der Waals surface area contributed by atoms with Gasteiger partial charge < -0.3 is 5.32 Å². The van der Waals surface area contributed by atoms with Crippen LogP contribution in [-0.2, 0) is 15.0 Å². The third-order valence-electron chi connectivity index (χ3n) is 4.12. The molecule has 0 aliphatic heterocycles. The number of benzene rings is 2. The highest BCUT2D eigenvalue weighted by Gasteiger charge is 2.46. The molecule has 1 saturated carbocycles. The zero-order chi connectivity index (χ0) is 14.7. The molecule has 0 saturated heterocycles. The Morgan fingerprint density at radius 3 is 2.14 bits per heavy atom. The van der Waals surface area contributed by atoms with Gasteiger partial charge in [0.25, 0.3) is 0 Å². The van der Waals surface area contributed by atoms with Crippen molar-refractivity contribution in [3.63, 3.8) is 0 Å². The third kappa shape index (κ3) is 2.59. The molecule has 2 aromatic rings. The van der Waals surface area contributed by atoms with Crippen molar-refractivity contribution >= 4 is 17.4 Å². The molecule has 3 nitrogen and oxygen atoms in total. The lowest BCUT2D eigenvalue weighted by molar-refractivity contribution is -0.124. The molecule has 1 fully saturated rings. The first kappa shape index (κ1) is 13.6. The van der Waals surface area contributed by atoms with E-state index in [1.165, 1.54) is 0 Å². The van der Waals surface area contributed by atoms with E-state index in [-0.39, 0.29) is 18.1 Å². The summed E-state index contributed by atoms with van der Waals surface area (Å²) in [5.74, 6) is 0.0628. The summed E-state index contributed by atoms with van der Waals surface area (Å²) in [5.41, 5.74) is 0.954. The number of carbonyl (C=O) groups excluding carboxylic acids is 2. The SMILES string of the molecule is O=C1CC[C@](C(=O)Nc2ccccc2)(c2ccccc2)C1. The number of Topliss-reactive ketones (excluding diaryl/α,β-unsaturated/α-hetero) is 1. The van der Waals surface area contributed by atoms with Gasteiger partial charge in [-0.2, -0.15) is 0 Å². The molecule has 3 rings (SSSR count). The van der Waals surface area contributed by atoms with Gasteiger partial charge in [-0.1, -0.05) is 48.5 Å². The lowest BCUT2D eigenvalue weighted by Crippen LogP contribution is -2.38. The number of carbonyl (C=O) groups is 2. The first-order chi connectivity index (χ1) is 10.2. The van der Waals surface area contributed by atoms with E-state index in [0.29, 0.717) is 12.8 Å². The summed E-state index contributed by atoms with van der Waals surface area (Å²) < 4.78 is 0. The number of amides is 1. The van der Waals surface area contributed by atoms with Gasteiger partial charge in [0.15, 0.2) is 0 Å². The molecule has 106 valence electrons. The van der Waals surface area contributed by atoms with Crippen molar-refractivity contribution < 1.29 is 9.59 Å². The van der Waals surface area contributed by atoms with Crippen LogP contribution in [0.15, 0.2) is 60.7 Å². The summed E-state index contributed by atoms with van der Waals surface area (Å²) in [4.78, 5) is 24.6. The lowest BCUT2D eigenvalue weighted by atomic mass is 9.78. The maximum atomic E-state index is 12.8. The van der Waals surface area contributed by atoms with E-state index >= 15 is 0 Å². The summed E-state index contributed by atoms with van der Waals surface area (Å²) in [6.45, 7) is 0. The van der Waals surface area contributed by atoms with E-state index in [1.807, 2.05) is 60.7 Å². The smallest absolute Gasteiger partial charge is 0.235 e. The second-order valence-corrected chi connectivity index (χ2v) is 5.48. The van der Waals surface area contributed by atoms with Crippen LogP contribution in [0.1, 0.15) is 24.8 Å². The first-order valence-electron chi connectivity index (χ1n) is 7.14. The van der Waals surface area contributed by atoms with E-state index in [2.05, 4.69) is 5.32 Å². The Kier molecular flexibility index (Phi) is 3.57. The van der Waals surface area contributed by atoms with Gasteiger partial charge in [0.2, 0.25) is 5.91 Å². The van der Waals surface area contributed by atoms with Gasteiger partial charge in [-0.3, -0.25) is 9.59 Å². The van der Waals surface area contributed by atoms with Crippen molar-refractivity contribution in [2.24, 2.45) is 0 Å². The average Bonchev–Trinajstić information content (AvgIpc) is 2.93. The van der Waals surface area contributed by atoms with E-state index in [0.717, 1.165) is 11.3 Å². The second-order valence-electron chi connectivity index (χ2n) is 5.48. The van der Waals surface area contributed by atoms with Crippen LogP contribution in [0.5, 0.6) is 0 Å². The summed E-state index contributed by atoms with van der Waals surface area (Å²) >= 11 is 0. The summed E-state index contributed by atoms with van der Waals surface area (Å²) in [6.07, 6.45) is 1.33. The second kappa shape index (κ2) is 5.52. The average molecular weight is 279 g/mol. The molecular weight excluding hydrogens is 262 g/mol. The Bertz CT molecular complexity index is 651. The topological polar surface area (TPSA) is 46.2 Å². The molecule has 21 heavy (non-hydrogen) atoms. The van der Waals surface area contributed by atoms with Crippen molar-refractivity contribution in [1.29, 1.82) is 0 Å². The highest BCUT2D eigenvalue weighted by Crippen LogP contribution is 2.40. The molecule has 1 aliphatic rings. The summed E-state index contributed by atoms with van der Waals surface area (Å²) in [6, 6.07) is 19.0.